The number of hydrogen-bond donors (Lipinski definition) is 3. The highest BCUT2D eigenvalue weighted by Crippen LogP contribution is 2.31. The molecule has 1 aliphatic heterocycles. The van der Waals surface area contributed by atoms with Crippen molar-refractivity contribution in [3.63, 3.8) is 0 Å². The fraction of sp³-hybridized carbons (Fsp3) is 0.259. The van der Waals surface area contributed by atoms with E-state index in [4.69, 9.17) is 9.47 Å². The number of amides is 3. The lowest BCUT2D eigenvalue weighted by atomic mass is 10.2. The Morgan fingerprint density at radius 1 is 0.829 bits per heavy atom. The third kappa shape index (κ3) is 7.08. The first kappa shape index (κ1) is 29.7. The molecule has 0 saturated carbocycles. The van der Waals surface area contributed by atoms with Crippen LogP contribution >= 0.6 is 0 Å². The van der Waals surface area contributed by atoms with E-state index < -0.39 is 39.7 Å². The van der Waals surface area contributed by atoms with Crippen molar-refractivity contribution in [3.8, 4) is 11.5 Å². The lowest BCUT2D eigenvalue weighted by Gasteiger charge is -2.23. The Balaban J connectivity index is 1.41. The van der Waals surface area contributed by atoms with Crippen molar-refractivity contribution in [2.24, 2.45) is 0 Å². The minimum Gasteiger partial charge on any atom is -0.497 e. The molecule has 3 aromatic carbocycles. The molecule has 0 radical (unpaired) electrons. The molecule has 3 N–H and O–H groups in total. The number of anilines is 3. The number of benzene rings is 3. The van der Waals surface area contributed by atoms with Gasteiger partial charge in [0.05, 0.1) is 24.7 Å². The Morgan fingerprint density at radius 3 is 1.88 bits per heavy atom. The molecule has 3 aromatic rings. The molecule has 0 aliphatic carbocycles. The minimum atomic E-state index is -4.49. The first-order valence-electron chi connectivity index (χ1n) is 12.3. The monoisotopic (exact) mass is 592 g/mol. The van der Waals surface area contributed by atoms with Crippen LogP contribution in [-0.4, -0.2) is 51.5 Å². The molecule has 1 heterocycles. The molecule has 14 heteroatoms. The number of nitrogens with zero attached hydrogens (tertiary/aromatic N) is 1. The van der Waals surface area contributed by atoms with Crippen LogP contribution in [0.3, 0.4) is 0 Å². The highest BCUT2D eigenvalue weighted by atomic mass is 32.2. The molecular formula is C27H27F3N4O6S. The van der Waals surface area contributed by atoms with Crippen molar-refractivity contribution in [1.29, 1.82) is 0 Å². The van der Waals surface area contributed by atoms with Crippen LogP contribution in [0.25, 0.3) is 0 Å². The number of alkyl halides is 3. The average Bonchev–Trinajstić information content (AvgIpc) is 3.44. The third-order valence-corrected chi connectivity index (χ3v) is 8.24. The maximum absolute atomic E-state index is 13.4. The maximum atomic E-state index is 13.4. The van der Waals surface area contributed by atoms with E-state index in [9.17, 15) is 31.2 Å². The molecule has 1 aliphatic rings. The summed E-state index contributed by atoms with van der Waals surface area (Å²) in [4.78, 5) is 25.3. The molecule has 41 heavy (non-hydrogen) atoms. The number of carbonyl (C=O) groups is 2. The highest BCUT2D eigenvalue weighted by molar-refractivity contribution is 7.89. The standard InChI is InChI=1S/C27H27F3N4O6S/c1-39-21-14-20(15-22(16-21)40-2)31-25(35)24-4-3-13-34(24)41(37,38)23-11-9-19(10-12-23)33-26(36)32-18-7-5-17(6-8-18)27(28,29)30/h5-12,14-16,24H,3-4,13H2,1-2H3,(H,31,35)(H2,32,33,36)/t24-/m0/s1. The van der Waals surface area contributed by atoms with E-state index in [1.807, 2.05) is 0 Å². The number of hydrogen-bond acceptors (Lipinski definition) is 6. The van der Waals surface area contributed by atoms with Gasteiger partial charge in [0.1, 0.15) is 17.5 Å². The van der Waals surface area contributed by atoms with Gasteiger partial charge in [0.15, 0.2) is 0 Å². The third-order valence-electron chi connectivity index (χ3n) is 6.31. The van der Waals surface area contributed by atoms with Crippen LogP contribution in [0.2, 0.25) is 0 Å². The Morgan fingerprint density at radius 2 is 1.37 bits per heavy atom. The lowest BCUT2D eigenvalue weighted by molar-refractivity contribution is -0.137. The van der Waals surface area contributed by atoms with E-state index in [0.717, 1.165) is 28.6 Å². The molecule has 0 spiro atoms. The van der Waals surface area contributed by atoms with Crippen LogP contribution in [-0.2, 0) is 21.0 Å². The van der Waals surface area contributed by atoms with E-state index in [0.29, 0.717) is 30.0 Å². The van der Waals surface area contributed by atoms with Gasteiger partial charge in [-0.05, 0) is 61.4 Å². The van der Waals surface area contributed by atoms with Gasteiger partial charge >= 0.3 is 12.2 Å². The molecule has 1 atom stereocenters. The molecule has 0 unspecified atom stereocenters. The van der Waals surface area contributed by atoms with Gasteiger partial charge in [-0.3, -0.25) is 4.79 Å². The number of rotatable bonds is 8. The zero-order valence-corrected chi connectivity index (χ0v) is 22.8. The summed E-state index contributed by atoms with van der Waals surface area (Å²) in [7, 11) is -1.12. The summed E-state index contributed by atoms with van der Waals surface area (Å²) in [6.45, 7) is 0.150. The summed E-state index contributed by atoms with van der Waals surface area (Å²) in [5.41, 5.74) is -0.0737. The second-order valence-corrected chi connectivity index (χ2v) is 10.9. The molecule has 218 valence electrons. The summed E-state index contributed by atoms with van der Waals surface area (Å²) < 4.78 is 76.5. The zero-order chi connectivity index (χ0) is 29.8. The van der Waals surface area contributed by atoms with Crippen LogP contribution in [0.4, 0.5) is 35.0 Å². The largest absolute Gasteiger partial charge is 0.497 e. The number of halogens is 3. The second kappa shape index (κ2) is 12.1. The van der Waals surface area contributed by atoms with E-state index in [2.05, 4.69) is 16.0 Å². The number of sulfonamides is 1. The van der Waals surface area contributed by atoms with E-state index in [1.54, 1.807) is 18.2 Å². The first-order valence-corrected chi connectivity index (χ1v) is 13.8. The van der Waals surface area contributed by atoms with Gasteiger partial charge in [0, 0.05) is 41.8 Å². The van der Waals surface area contributed by atoms with E-state index in [-0.39, 0.29) is 22.8 Å². The molecule has 1 saturated heterocycles. The van der Waals surface area contributed by atoms with Crippen molar-refractivity contribution in [3.05, 3.63) is 72.3 Å². The predicted molar refractivity (Wildman–Crippen MR) is 146 cm³/mol. The van der Waals surface area contributed by atoms with Gasteiger partial charge in [0.25, 0.3) is 0 Å². The number of carbonyl (C=O) groups excluding carboxylic acids is 2. The van der Waals surface area contributed by atoms with Crippen molar-refractivity contribution in [2.75, 3.05) is 36.7 Å². The van der Waals surface area contributed by atoms with Gasteiger partial charge in [-0.15, -0.1) is 0 Å². The Labute approximate surface area is 234 Å². The Bertz CT molecular complexity index is 1490. The SMILES string of the molecule is COc1cc(NC(=O)[C@@H]2CCCN2S(=O)(=O)c2ccc(NC(=O)Nc3ccc(C(F)(F)F)cc3)cc2)cc(OC)c1. The second-order valence-electron chi connectivity index (χ2n) is 9.04. The topological polar surface area (TPSA) is 126 Å². The summed E-state index contributed by atoms with van der Waals surface area (Å²) in [5.74, 6) is 0.411. The van der Waals surface area contributed by atoms with E-state index >= 15 is 0 Å². The van der Waals surface area contributed by atoms with Crippen LogP contribution in [0.1, 0.15) is 18.4 Å². The first-order chi connectivity index (χ1) is 19.4. The van der Waals surface area contributed by atoms with Crippen molar-refractivity contribution in [1.82, 2.24) is 4.31 Å². The van der Waals surface area contributed by atoms with E-state index in [1.165, 1.54) is 38.5 Å². The lowest BCUT2D eigenvalue weighted by Crippen LogP contribution is -2.43. The zero-order valence-electron chi connectivity index (χ0n) is 22.0. The molecule has 0 bridgehead atoms. The van der Waals surface area contributed by atoms with Crippen molar-refractivity contribution < 1.29 is 40.7 Å². The summed E-state index contributed by atoms with van der Waals surface area (Å²) >= 11 is 0. The fourth-order valence-electron chi connectivity index (χ4n) is 4.28. The number of methoxy groups -OCH3 is 2. The summed E-state index contributed by atoms with van der Waals surface area (Å²) in [6, 6.07) is 12.4. The predicted octanol–water partition coefficient (Wildman–Crippen LogP) is 5.16. The molecule has 0 aromatic heterocycles. The van der Waals surface area contributed by atoms with Crippen LogP contribution < -0.4 is 25.4 Å². The average molecular weight is 593 g/mol. The maximum Gasteiger partial charge on any atom is 0.416 e. The number of nitrogens with one attached hydrogen (secondary N) is 3. The van der Waals surface area contributed by atoms with Crippen LogP contribution in [0.5, 0.6) is 11.5 Å². The smallest absolute Gasteiger partial charge is 0.416 e. The van der Waals surface area contributed by atoms with Crippen molar-refractivity contribution >= 4 is 39.0 Å². The molecule has 4 rings (SSSR count). The fourth-order valence-corrected chi connectivity index (χ4v) is 5.93. The van der Waals surface area contributed by atoms with Crippen molar-refractivity contribution in [2.45, 2.75) is 30.0 Å². The van der Waals surface area contributed by atoms with Gasteiger partial charge in [-0.25, -0.2) is 13.2 Å². The molecule has 10 nitrogen and oxygen atoms in total. The Kier molecular flexibility index (Phi) is 8.73. The van der Waals surface area contributed by atoms with Gasteiger partial charge in [0.2, 0.25) is 15.9 Å². The normalized spacial score (nSPS) is 15.7. The Hall–Kier alpha value is -4.30. The number of urea groups is 1. The van der Waals surface area contributed by atoms with Crippen LogP contribution in [0, 0.1) is 0 Å². The van der Waals surface area contributed by atoms with Gasteiger partial charge < -0.3 is 25.4 Å². The summed E-state index contributed by atoms with van der Waals surface area (Å²) in [6.07, 6.45) is -3.68. The molecule has 3 amide bonds. The number of ether oxygens (including phenoxy) is 2. The minimum absolute atomic E-state index is 0.0750. The molecule has 1 fully saturated rings. The quantitative estimate of drug-likeness (QED) is 0.332. The van der Waals surface area contributed by atoms with Gasteiger partial charge in [-0.2, -0.15) is 17.5 Å². The van der Waals surface area contributed by atoms with Crippen LogP contribution in [0.15, 0.2) is 71.6 Å². The summed E-state index contributed by atoms with van der Waals surface area (Å²) in [5, 5.41) is 7.63. The van der Waals surface area contributed by atoms with Gasteiger partial charge in [-0.1, -0.05) is 0 Å². The highest BCUT2D eigenvalue weighted by Gasteiger charge is 2.39. The molecular weight excluding hydrogens is 565 g/mol.